The molecule has 0 fully saturated rings. The van der Waals surface area contributed by atoms with Gasteiger partial charge in [-0.15, -0.1) is 0 Å². The Morgan fingerprint density at radius 1 is 1.00 bits per heavy atom. The van der Waals surface area contributed by atoms with Crippen LogP contribution >= 0.6 is 0 Å². The highest BCUT2D eigenvalue weighted by Gasteiger charge is 2.08. The number of rotatable bonds is 3. The lowest BCUT2D eigenvalue weighted by molar-refractivity contribution is 0.321. The SMILES string of the molecule is Cc1c(N)cccc1-c1ccc(C(C)N(C)C)cc1. The van der Waals surface area contributed by atoms with Crippen molar-refractivity contribution in [2.45, 2.75) is 19.9 Å². The van der Waals surface area contributed by atoms with Gasteiger partial charge in [0.2, 0.25) is 0 Å². The second kappa shape index (κ2) is 5.45. The fourth-order valence-electron chi connectivity index (χ4n) is 2.21. The minimum absolute atomic E-state index is 0.427. The summed E-state index contributed by atoms with van der Waals surface area (Å²) in [5.41, 5.74) is 11.7. The van der Waals surface area contributed by atoms with Crippen LogP contribution in [-0.4, -0.2) is 19.0 Å². The molecule has 0 aliphatic carbocycles. The molecule has 0 spiro atoms. The lowest BCUT2D eigenvalue weighted by Gasteiger charge is -2.20. The van der Waals surface area contributed by atoms with Gasteiger partial charge in [0.15, 0.2) is 0 Å². The van der Waals surface area contributed by atoms with E-state index in [1.807, 2.05) is 12.1 Å². The van der Waals surface area contributed by atoms with Crippen LogP contribution in [0.4, 0.5) is 5.69 Å². The zero-order chi connectivity index (χ0) is 14.0. The van der Waals surface area contributed by atoms with E-state index in [9.17, 15) is 0 Å². The third-order valence-corrected chi connectivity index (χ3v) is 3.85. The van der Waals surface area contributed by atoms with Crippen molar-refractivity contribution >= 4 is 5.69 Å². The Balaban J connectivity index is 2.35. The molecule has 0 bridgehead atoms. The zero-order valence-electron chi connectivity index (χ0n) is 12.1. The van der Waals surface area contributed by atoms with E-state index in [0.717, 1.165) is 11.3 Å². The summed E-state index contributed by atoms with van der Waals surface area (Å²) in [7, 11) is 4.20. The van der Waals surface area contributed by atoms with E-state index in [0.29, 0.717) is 6.04 Å². The first-order valence-electron chi connectivity index (χ1n) is 6.62. The van der Waals surface area contributed by atoms with Gasteiger partial charge in [0, 0.05) is 11.7 Å². The Hall–Kier alpha value is -1.80. The fraction of sp³-hybridized carbons (Fsp3) is 0.294. The molecule has 1 unspecified atom stereocenters. The van der Waals surface area contributed by atoms with Crippen molar-refractivity contribution in [3.05, 3.63) is 53.6 Å². The summed E-state index contributed by atoms with van der Waals surface area (Å²) in [5, 5.41) is 0. The number of benzene rings is 2. The molecule has 0 aliphatic heterocycles. The Morgan fingerprint density at radius 2 is 1.63 bits per heavy atom. The van der Waals surface area contributed by atoms with E-state index in [-0.39, 0.29) is 0 Å². The Labute approximate surface area is 115 Å². The van der Waals surface area contributed by atoms with Gasteiger partial charge in [-0.1, -0.05) is 36.4 Å². The monoisotopic (exact) mass is 254 g/mol. The van der Waals surface area contributed by atoms with Crippen LogP contribution in [0, 0.1) is 6.92 Å². The van der Waals surface area contributed by atoms with Gasteiger partial charge in [-0.3, -0.25) is 0 Å². The number of nitrogen functional groups attached to an aromatic ring is 1. The molecule has 19 heavy (non-hydrogen) atoms. The molecule has 0 saturated heterocycles. The van der Waals surface area contributed by atoms with Crippen molar-refractivity contribution in [2.24, 2.45) is 0 Å². The van der Waals surface area contributed by atoms with Crippen molar-refractivity contribution in [2.75, 3.05) is 19.8 Å². The topological polar surface area (TPSA) is 29.3 Å². The normalized spacial score (nSPS) is 12.7. The number of nitrogens with two attached hydrogens (primary N) is 1. The summed E-state index contributed by atoms with van der Waals surface area (Å²) in [6, 6.07) is 15.3. The second-order valence-corrected chi connectivity index (χ2v) is 5.28. The number of hydrogen-bond acceptors (Lipinski definition) is 2. The van der Waals surface area contributed by atoms with Crippen LogP contribution in [0.3, 0.4) is 0 Å². The molecule has 2 heteroatoms. The Morgan fingerprint density at radius 3 is 2.21 bits per heavy atom. The van der Waals surface area contributed by atoms with Crippen molar-refractivity contribution in [3.8, 4) is 11.1 Å². The van der Waals surface area contributed by atoms with Crippen molar-refractivity contribution < 1.29 is 0 Å². The predicted octanol–water partition coefficient (Wildman–Crippen LogP) is 3.87. The van der Waals surface area contributed by atoms with Crippen LogP contribution in [-0.2, 0) is 0 Å². The van der Waals surface area contributed by atoms with Gasteiger partial charge >= 0.3 is 0 Å². The highest BCUT2D eigenvalue weighted by molar-refractivity contribution is 5.72. The van der Waals surface area contributed by atoms with Gasteiger partial charge in [0.05, 0.1) is 0 Å². The minimum atomic E-state index is 0.427. The van der Waals surface area contributed by atoms with E-state index in [1.165, 1.54) is 16.7 Å². The molecule has 0 amide bonds. The van der Waals surface area contributed by atoms with E-state index < -0.39 is 0 Å². The molecule has 2 nitrogen and oxygen atoms in total. The smallest absolute Gasteiger partial charge is 0.0349 e. The summed E-state index contributed by atoms with van der Waals surface area (Å²) < 4.78 is 0. The van der Waals surface area contributed by atoms with Crippen molar-refractivity contribution in [1.29, 1.82) is 0 Å². The average Bonchev–Trinajstić information content (AvgIpc) is 2.41. The molecule has 0 radical (unpaired) electrons. The maximum absolute atomic E-state index is 5.97. The summed E-state index contributed by atoms with van der Waals surface area (Å²) >= 11 is 0. The van der Waals surface area contributed by atoms with Gasteiger partial charge < -0.3 is 10.6 Å². The maximum Gasteiger partial charge on any atom is 0.0349 e. The molecular formula is C17H22N2. The number of hydrogen-bond donors (Lipinski definition) is 1. The minimum Gasteiger partial charge on any atom is -0.398 e. The van der Waals surface area contributed by atoms with Crippen LogP contribution in [0.25, 0.3) is 11.1 Å². The molecule has 0 aromatic heterocycles. The Bertz CT molecular complexity index is 556. The summed E-state index contributed by atoms with van der Waals surface area (Å²) in [4.78, 5) is 2.21. The molecule has 2 rings (SSSR count). The predicted molar refractivity (Wildman–Crippen MR) is 83.1 cm³/mol. The molecule has 2 N–H and O–H groups in total. The highest BCUT2D eigenvalue weighted by Crippen LogP contribution is 2.28. The summed E-state index contributed by atoms with van der Waals surface area (Å²) in [6.45, 7) is 4.28. The molecule has 100 valence electrons. The van der Waals surface area contributed by atoms with Crippen LogP contribution in [0.15, 0.2) is 42.5 Å². The molecule has 0 aliphatic rings. The van der Waals surface area contributed by atoms with Crippen LogP contribution < -0.4 is 5.73 Å². The maximum atomic E-state index is 5.97. The molecule has 1 atom stereocenters. The van der Waals surface area contributed by atoms with Gasteiger partial charge in [-0.25, -0.2) is 0 Å². The number of nitrogens with zero attached hydrogens (tertiary/aromatic N) is 1. The molecule has 2 aromatic rings. The third kappa shape index (κ3) is 2.79. The zero-order valence-corrected chi connectivity index (χ0v) is 12.1. The number of anilines is 1. The summed E-state index contributed by atoms with van der Waals surface area (Å²) in [6.07, 6.45) is 0. The third-order valence-electron chi connectivity index (χ3n) is 3.85. The molecular weight excluding hydrogens is 232 g/mol. The largest absolute Gasteiger partial charge is 0.398 e. The second-order valence-electron chi connectivity index (χ2n) is 5.28. The highest BCUT2D eigenvalue weighted by atomic mass is 15.1. The molecule has 0 heterocycles. The van der Waals surface area contributed by atoms with Crippen LogP contribution in [0.1, 0.15) is 24.1 Å². The van der Waals surface area contributed by atoms with Gasteiger partial charge in [0.25, 0.3) is 0 Å². The van der Waals surface area contributed by atoms with Crippen LogP contribution in [0.5, 0.6) is 0 Å². The Kier molecular flexibility index (Phi) is 3.91. The standard InChI is InChI=1S/C17H22N2/c1-12-16(6-5-7-17(12)18)15-10-8-14(9-11-15)13(2)19(3)4/h5-11,13H,18H2,1-4H3. The first-order chi connectivity index (χ1) is 9.00. The average molecular weight is 254 g/mol. The van der Waals surface area contributed by atoms with E-state index in [2.05, 4.69) is 63.2 Å². The van der Waals surface area contributed by atoms with E-state index in [1.54, 1.807) is 0 Å². The quantitative estimate of drug-likeness (QED) is 0.843. The van der Waals surface area contributed by atoms with Gasteiger partial charge in [-0.2, -0.15) is 0 Å². The van der Waals surface area contributed by atoms with E-state index in [4.69, 9.17) is 5.73 Å². The lowest BCUT2D eigenvalue weighted by Crippen LogP contribution is -2.16. The fourth-order valence-corrected chi connectivity index (χ4v) is 2.21. The van der Waals surface area contributed by atoms with E-state index >= 15 is 0 Å². The first kappa shape index (κ1) is 13.6. The van der Waals surface area contributed by atoms with Gasteiger partial charge in [-0.05, 0) is 56.3 Å². The molecule has 2 aromatic carbocycles. The van der Waals surface area contributed by atoms with Crippen LogP contribution in [0.2, 0.25) is 0 Å². The van der Waals surface area contributed by atoms with Crippen molar-refractivity contribution in [3.63, 3.8) is 0 Å². The van der Waals surface area contributed by atoms with Gasteiger partial charge in [0.1, 0.15) is 0 Å². The first-order valence-corrected chi connectivity index (χ1v) is 6.62. The summed E-state index contributed by atoms with van der Waals surface area (Å²) in [5.74, 6) is 0. The van der Waals surface area contributed by atoms with Crippen molar-refractivity contribution in [1.82, 2.24) is 4.90 Å². The molecule has 0 saturated carbocycles. The lowest BCUT2D eigenvalue weighted by atomic mass is 9.97.